The summed E-state index contributed by atoms with van der Waals surface area (Å²) in [5.41, 5.74) is 3.01. The molecule has 1 saturated carbocycles. The molecular weight excluding hydrogens is 264 g/mol. The molecular formula is C16H20N4O. The molecule has 1 fully saturated rings. The van der Waals surface area contributed by atoms with E-state index in [9.17, 15) is 0 Å². The normalized spacial score (nSPS) is 13.9. The molecule has 110 valence electrons. The molecule has 1 heterocycles. The Balaban J connectivity index is 1.86. The minimum absolute atomic E-state index is 0.535. The van der Waals surface area contributed by atoms with Crippen LogP contribution in [0.1, 0.15) is 24.1 Å². The first kappa shape index (κ1) is 13.7. The lowest BCUT2D eigenvalue weighted by Gasteiger charge is -2.13. The van der Waals surface area contributed by atoms with Crippen molar-refractivity contribution in [3.63, 3.8) is 0 Å². The van der Waals surface area contributed by atoms with Gasteiger partial charge in [-0.3, -0.25) is 0 Å². The molecule has 5 nitrogen and oxygen atoms in total. The van der Waals surface area contributed by atoms with E-state index in [4.69, 9.17) is 4.74 Å². The van der Waals surface area contributed by atoms with Crippen molar-refractivity contribution in [3.8, 4) is 5.75 Å². The number of methoxy groups -OCH3 is 1. The second kappa shape index (κ2) is 5.60. The molecule has 2 N–H and O–H groups in total. The topological polar surface area (TPSA) is 59.1 Å². The van der Waals surface area contributed by atoms with E-state index in [1.165, 1.54) is 18.4 Å². The van der Waals surface area contributed by atoms with Crippen LogP contribution >= 0.6 is 0 Å². The number of hydrogen-bond donors (Lipinski definition) is 2. The number of aromatic nitrogens is 2. The van der Waals surface area contributed by atoms with Crippen molar-refractivity contribution in [2.45, 2.75) is 32.7 Å². The van der Waals surface area contributed by atoms with E-state index in [-0.39, 0.29) is 0 Å². The maximum absolute atomic E-state index is 5.39. The van der Waals surface area contributed by atoms with Gasteiger partial charge in [-0.1, -0.05) is 6.07 Å². The predicted molar refractivity (Wildman–Crippen MR) is 84.4 cm³/mol. The highest BCUT2D eigenvalue weighted by Gasteiger charge is 2.22. The Morgan fingerprint density at radius 2 is 1.95 bits per heavy atom. The molecule has 1 aromatic heterocycles. The number of ether oxygens (including phenoxy) is 1. The van der Waals surface area contributed by atoms with Gasteiger partial charge >= 0.3 is 0 Å². The lowest BCUT2D eigenvalue weighted by molar-refractivity contribution is 0.416. The Morgan fingerprint density at radius 1 is 1.14 bits per heavy atom. The third-order valence-corrected chi connectivity index (χ3v) is 3.38. The molecule has 21 heavy (non-hydrogen) atoms. The molecule has 0 unspecified atom stereocenters. The van der Waals surface area contributed by atoms with Crippen molar-refractivity contribution in [1.29, 1.82) is 0 Å². The molecule has 2 aromatic rings. The zero-order valence-electron chi connectivity index (χ0n) is 12.6. The molecule has 0 saturated heterocycles. The van der Waals surface area contributed by atoms with E-state index in [2.05, 4.69) is 27.5 Å². The van der Waals surface area contributed by atoms with Crippen molar-refractivity contribution in [3.05, 3.63) is 35.5 Å². The highest BCUT2D eigenvalue weighted by Crippen LogP contribution is 2.29. The van der Waals surface area contributed by atoms with Gasteiger partial charge in [-0.15, -0.1) is 0 Å². The molecule has 1 aliphatic rings. The van der Waals surface area contributed by atoms with Crippen LogP contribution in [0.3, 0.4) is 0 Å². The van der Waals surface area contributed by atoms with E-state index in [1.807, 2.05) is 31.2 Å². The van der Waals surface area contributed by atoms with E-state index >= 15 is 0 Å². The lowest BCUT2D eigenvalue weighted by atomic mass is 10.2. The number of nitrogens with one attached hydrogen (secondary N) is 2. The fourth-order valence-electron chi connectivity index (χ4n) is 2.16. The number of aryl methyl sites for hydroxylation is 2. The lowest BCUT2D eigenvalue weighted by Crippen LogP contribution is -2.08. The molecule has 0 radical (unpaired) electrons. The van der Waals surface area contributed by atoms with Crippen LogP contribution in [0.2, 0.25) is 0 Å². The quantitative estimate of drug-likeness (QED) is 0.881. The Bertz CT molecular complexity index is 653. The summed E-state index contributed by atoms with van der Waals surface area (Å²) in [4.78, 5) is 8.95. The first-order valence-electron chi connectivity index (χ1n) is 7.18. The van der Waals surface area contributed by atoms with Gasteiger partial charge in [-0.05, 0) is 44.4 Å². The zero-order chi connectivity index (χ0) is 14.8. The standard InChI is InChI=1S/C16H20N4O/c1-10-4-7-14(21-3)13(8-10)19-15-9-11(2)17-16(20-15)18-12-5-6-12/h4,7-9,12H,5-6H2,1-3H3,(H2,17,18,19,20). The first-order valence-corrected chi connectivity index (χ1v) is 7.18. The monoisotopic (exact) mass is 284 g/mol. The third-order valence-electron chi connectivity index (χ3n) is 3.38. The van der Waals surface area contributed by atoms with Gasteiger partial charge < -0.3 is 15.4 Å². The van der Waals surface area contributed by atoms with Crippen LogP contribution in [0, 0.1) is 13.8 Å². The Kier molecular flexibility index (Phi) is 3.64. The maximum Gasteiger partial charge on any atom is 0.225 e. The minimum Gasteiger partial charge on any atom is -0.495 e. The van der Waals surface area contributed by atoms with Crippen LogP contribution in [0.25, 0.3) is 0 Å². The number of rotatable bonds is 5. The van der Waals surface area contributed by atoms with E-state index in [0.717, 1.165) is 22.9 Å². The van der Waals surface area contributed by atoms with Crippen LogP contribution in [0.15, 0.2) is 24.3 Å². The van der Waals surface area contributed by atoms with Crippen LogP contribution in [0.5, 0.6) is 5.75 Å². The van der Waals surface area contributed by atoms with Crippen LogP contribution < -0.4 is 15.4 Å². The largest absolute Gasteiger partial charge is 0.495 e. The number of hydrogen-bond acceptors (Lipinski definition) is 5. The molecule has 0 amide bonds. The first-order chi connectivity index (χ1) is 10.1. The summed E-state index contributed by atoms with van der Waals surface area (Å²) in [6, 6.07) is 8.49. The van der Waals surface area contributed by atoms with Gasteiger partial charge in [0.15, 0.2) is 0 Å². The van der Waals surface area contributed by atoms with Gasteiger partial charge in [0.05, 0.1) is 12.8 Å². The highest BCUT2D eigenvalue weighted by atomic mass is 16.5. The highest BCUT2D eigenvalue weighted by molar-refractivity contribution is 5.65. The average molecular weight is 284 g/mol. The summed E-state index contributed by atoms with van der Waals surface area (Å²) in [6.45, 7) is 4.02. The molecule has 1 aromatic carbocycles. The molecule has 5 heteroatoms. The van der Waals surface area contributed by atoms with Crippen molar-refractivity contribution >= 4 is 17.5 Å². The number of nitrogens with zero attached hydrogens (tertiary/aromatic N) is 2. The van der Waals surface area contributed by atoms with Gasteiger partial charge in [-0.2, -0.15) is 4.98 Å². The maximum atomic E-state index is 5.39. The van der Waals surface area contributed by atoms with Crippen molar-refractivity contribution in [2.75, 3.05) is 17.7 Å². The van der Waals surface area contributed by atoms with E-state index < -0.39 is 0 Å². The smallest absolute Gasteiger partial charge is 0.225 e. The summed E-state index contributed by atoms with van der Waals surface area (Å²) >= 11 is 0. The summed E-state index contributed by atoms with van der Waals surface area (Å²) < 4.78 is 5.39. The number of anilines is 3. The van der Waals surface area contributed by atoms with Crippen molar-refractivity contribution in [1.82, 2.24) is 9.97 Å². The van der Waals surface area contributed by atoms with Gasteiger partial charge in [0.2, 0.25) is 5.95 Å². The molecule has 0 aliphatic heterocycles. The third kappa shape index (κ3) is 3.42. The van der Waals surface area contributed by atoms with Gasteiger partial charge in [0.25, 0.3) is 0 Å². The molecule has 0 spiro atoms. The fourth-order valence-corrected chi connectivity index (χ4v) is 2.16. The van der Waals surface area contributed by atoms with Crippen LogP contribution in [-0.4, -0.2) is 23.1 Å². The van der Waals surface area contributed by atoms with E-state index in [1.54, 1.807) is 7.11 Å². The summed E-state index contributed by atoms with van der Waals surface area (Å²) in [7, 11) is 1.67. The summed E-state index contributed by atoms with van der Waals surface area (Å²) in [5, 5.41) is 6.65. The zero-order valence-corrected chi connectivity index (χ0v) is 12.6. The van der Waals surface area contributed by atoms with Crippen LogP contribution in [-0.2, 0) is 0 Å². The summed E-state index contributed by atoms with van der Waals surface area (Å²) in [5.74, 6) is 2.26. The second-order valence-electron chi connectivity index (χ2n) is 5.47. The summed E-state index contributed by atoms with van der Waals surface area (Å²) in [6.07, 6.45) is 2.40. The predicted octanol–water partition coefficient (Wildman–Crippen LogP) is 3.42. The van der Waals surface area contributed by atoms with E-state index in [0.29, 0.717) is 12.0 Å². The molecule has 0 atom stereocenters. The second-order valence-corrected chi connectivity index (χ2v) is 5.47. The molecule has 3 rings (SSSR count). The Labute approximate surface area is 124 Å². The van der Waals surface area contributed by atoms with Gasteiger partial charge in [0, 0.05) is 17.8 Å². The minimum atomic E-state index is 0.535. The number of benzene rings is 1. The fraction of sp³-hybridized carbons (Fsp3) is 0.375. The Morgan fingerprint density at radius 3 is 2.67 bits per heavy atom. The van der Waals surface area contributed by atoms with Gasteiger partial charge in [0.1, 0.15) is 11.6 Å². The van der Waals surface area contributed by atoms with Crippen molar-refractivity contribution in [2.24, 2.45) is 0 Å². The molecule has 1 aliphatic carbocycles. The average Bonchev–Trinajstić information content (AvgIpc) is 3.22. The van der Waals surface area contributed by atoms with Crippen molar-refractivity contribution < 1.29 is 4.74 Å². The molecule has 0 bridgehead atoms. The van der Waals surface area contributed by atoms with Gasteiger partial charge in [-0.25, -0.2) is 4.98 Å². The Hall–Kier alpha value is -2.30. The SMILES string of the molecule is COc1ccc(C)cc1Nc1cc(C)nc(NC2CC2)n1. The van der Waals surface area contributed by atoms with Crippen LogP contribution in [0.4, 0.5) is 17.5 Å².